The fourth-order valence-electron chi connectivity index (χ4n) is 2.35. The summed E-state index contributed by atoms with van der Waals surface area (Å²) < 4.78 is 10.7. The Bertz CT molecular complexity index is 607. The maximum absolute atomic E-state index is 10.8. The minimum Gasteiger partial charge on any atom is -0.496 e. The van der Waals surface area contributed by atoms with Gasteiger partial charge in [-0.15, -0.1) is 0 Å². The van der Waals surface area contributed by atoms with E-state index in [2.05, 4.69) is 10.2 Å². The van der Waals surface area contributed by atoms with Crippen molar-refractivity contribution < 1.29 is 14.6 Å². The van der Waals surface area contributed by atoms with Gasteiger partial charge in [-0.25, -0.2) is 0 Å². The Balaban J connectivity index is 2.59. The smallest absolute Gasteiger partial charge is 0.128 e. The third-order valence-electron chi connectivity index (χ3n) is 3.39. The summed E-state index contributed by atoms with van der Waals surface area (Å²) in [6.45, 7) is 3.83. The lowest BCUT2D eigenvalue weighted by Crippen LogP contribution is -2.10. The van der Waals surface area contributed by atoms with Gasteiger partial charge in [0.15, 0.2) is 0 Å². The molecule has 2 aromatic rings. The van der Waals surface area contributed by atoms with Crippen molar-refractivity contribution in [2.24, 2.45) is 0 Å². The number of nitrogens with zero attached hydrogens (tertiary/aromatic N) is 2. The van der Waals surface area contributed by atoms with Gasteiger partial charge in [-0.05, 0) is 31.5 Å². The van der Waals surface area contributed by atoms with Crippen LogP contribution in [0.4, 0.5) is 0 Å². The number of hydrogen-bond acceptors (Lipinski definition) is 5. The van der Waals surface area contributed by atoms with E-state index in [1.54, 1.807) is 26.4 Å². The molecular formula is C16H20N2O3. The molecule has 0 aliphatic rings. The van der Waals surface area contributed by atoms with Crippen molar-refractivity contribution in [3.05, 3.63) is 46.8 Å². The van der Waals surface area contributed by atoms with Gasteiger partial charge < -0.3 is 14.6 Å². The summed E-state index contributed by atoms with van der Waals surface area (Å²) in [5, 5.41) is 19.0. The second-order valence-corrected chi connectivity index (χ2v) is 4.72. The van der Waals surface area contributed by atoms with Crippen molar-refractivity contribution in [1.29, 1.82) is 0 Å². The largest absolute Gasteiger partial charge is 0.496 e. The molecule has 0 saturated carbocycles. The van der Waals surface area contributed by atoms with Gasteiger partial charge in [0.1, 0.15) is 17.6 Å². The number of aromatic nitrogens is 2. The fraction of sp³-hybridized carbons (Fsp3) is 0.375. The van der Waals surface area contributed by atoms with Gasteiger partial charge >= 0.3 is 0 Å². The Hall–Kier alpha value is -2.14. The van der Waals surface area contributed by atoms with Crippen LogP contribution in [0.25, 0.3) is 0 Å². The van der Waals surface area contributed by atoms with Crippen LogP contribution in [0.15, 0.2) is 24.3 Å². The van der Waals surface area contributed by atoms with Crippen molar-refractivity contribution in [2.75, 3.05) is 14.2 Å². The Labute approximate surface area is 124 Å². The van der Waals surface area contributed by atoms with Gasteiger partial charge in [-0.3, -0.25) is 0 Å². The van der Waals surface area contributed by atoms with Crippen LogP contribution >= 0.6 is 0 Å². The van der Waals surface area contributed by atoms with E-state index < -0.39 is 6.10 Å². The number of aliphatic hydroxyl groups excluding tert-OH is 1. The molecule has 1 N–H and O–H groups in total. The van der Waals surface area contributed by atoms with Crippen LogP contribution in [0.2, 0.25) is 0 Å². The van der Waals surface area contributed by atoms with Crippen LogP contribution in [0.1, 0.15) is 35.5 Å². The standard InChI is InChI=1S/C16H20N2O3/c1-5-12-11(9-10(2)17-18-12)16(19)15-13(20-3)7-6-8-14(15)21-4/h6-9,16,19H,5H2,1-4H3. The first-order valence-corrected chi connectivity index (χ1v) is 6.84. The van der Waals surface area contributed by atoms with E-state index in [0.717, 1.165) is 17.0 Å². The Morgan fingerprint density at radius 2 is 1.76 bits per heavy atom. The van der Waals surface area contributed by atoms with Crippen LogP contribution in [0.5, 0.6) is 11.5 Å². The summed E-state index contributed by atoms with van der Waals surface area (Å²) in [4.78, 5) is 0. The molecule has 112 valence electrons. The average Bonchev–Trinajstić information content (AvgIpc) is 2.53. The van der Waals surface area contributed by atoms with Gasteiger partial charge in [0, 0.05) is 5.56 Å². The Morgan fingerprint density at radius 3 is 2.29 bits per heavy atom. The molecule has 0 amide bonds. The average molecular weight is 288 g/mol. The molecule has 2 rings (SSSR count). The molecule has 5 heteroatoms. The van der Waals surface area contributed by atoms with E-state index in [-0.39, 0.29) is 0 Å². The second kappa shape index (κ2) is 6.54. The van der Waals surface area contributed by atoms with Crippen LogP contribution in [0.3, 0.4) is 0 Å². The number of methoxy groups -OCH3 is 2. The summed E-state index contributed by atoms with van der Waals surface area (Å²) in [6, 6.07) is 7.27. The first-order chi connectivity index (χ1) is 10.1. The third-order valence-corrected chi connectivity index (χ3v) is 3.39. The number of aryl methyl sites for hydroxylation is 2. The number of rotatable bonds is 5. The quantitative estimate of drug-likeness (QED) is 0.915. The van der Waals surface area contributed by atoms with Gasteiger partial charge in [-0.2, -0.15) is 10.2 Å². The highest BCUT2D eigenvalue weighted by atomic mass is 16.5. The van der Waals surface area contributed by atoms with Crippen LogP contribution < -0.4 is 9.47 Å². The molecule has 0 bridgehead atoms. The molecule has 0 radical (unpaired) electrons. The fourth-order valence-corrected chi connectivity index (χ4v) is 2.35. The monoisotopic (exact) mass is 288 g/mol. The van der Waals surface area contributed by atoms with E-state index >= 15 is 0 Å². The first kappa shape index (κ1) is 15.3. The predicted octanol–water partition coefficient (Wildman–Crippen LogP) is 2.45. The SMILES string of the molecule is CCc1nnc(C)cc1C(O)c1c(OC)cccc1OC. The zero-order valence-electron chi connectivity index (χ0n) is 12.8. The molecule has 21 heavy (non-hydrogen) atoms. The molecule has 1 aromatic heterocycles. The molecule has 0 saturated heterocycles. The number of hydrogen-bond donors (Lipinski definition) is 1. The molecule has 1 aromatic carbocycles. The lowest BCUT2D eigenvalue weighted by atomic mass is 9.97. The van der Waals surface area contributed by atoms with Gasteiger partial charge in [0.05, 0.1) is 31.2 Å². The number of ether oxygens (including phenoxy) is 2. The topological polar surface area (TPSA) is 64.5 Å². The highest BCUT2D eigenvalue weighted by Gasteiger charge is 2.23. The highest BCUT2D eigenvalue weighted by Crippen LogP contribution is 2.38. The van der Waals surface area contributed by atoms with E-state index in [9.17, 15) is 5.11 Å². The lowest BCUT2D eigenvalue weighted by molar-refractivity contribution is 0.207. The molecular weight excluding hydrogens is 268 g/mol. The van der Waals surface area contributed by atoms with Crippen molar-refractivity contribution >= 4 is 0 Å². The van der Waals surface area contributed by atoms with Crippen LogP contribution in [-0.4, -0.2) is 29.5 Å². The predicted molar refractivity (Wildman–Crippen MR) is 79.8 cm³/mol. The van der Waals surface area contributed by atoms with Crippen molar-refractivity contribution in [3.63, 3.8) is 0 Å². The second-order valence-electron chi connectivity index (χ2n) is 4.72. The minimum absolute atomic E-state index is 0.582. The first-order valence-electron chi connectivity index (χ1n) is 6.84. The summed E-state index contributed by atoms with van der Waals surface area (Å²) in [5.74, 6) is 1.16. The van der Waals surface area contributed by atoms with E-state index in [1.807, 2.05) is 26.0 Å². The lowest BCUT2D eigenvalue weighted by Gasteiger charge is -2.20. The van der Waals surface area contributed by atoms with E-state index in [0.29, 0.717) is 23.5 Å². The summed E-state index contributed by atoms with van der Waals surface area (Å²) >= 11 is 0. The zero-order valence-corrected chi connectivity index (χ0v) is 12.8. The van der Waals surface area contributed by atoms with Crippen molar-refractivity contribution in [3.8, 4) is 11.5 Å². The van der Waals surface area contributed by atoms with Crippen molar-refractivity contribution in [2.45, 2.75) is 26.4 Å². The van der Waals surface area contributed by atoms with Gasteiger partial charge in [0.2, 0.25) is 0 Å². The summed E-state index contributed by atoms with van der Waals surface area (Å²) in [7, 11) is 3.14. The molecule has 0 spiro atoms. The van der Waals surface area contributed by atoms with Gasteiger partial charge in [0.25, 0.3) is 0 Å². The third kappa shape index (κ3) is 2.97. The molecule has 1 heterocycles. The Kier molecular flexibility index (Phi) is 4.75. The zero-order chi connectivity index (χ0) is 15.4. The van der Waals surface area contributed by atoms with Crippen molar-refractivity contribution in [1.82, 2.24) is 10.2 Å². The molecule has 1 unspecified atom stereocenters. The minimum atomic E-state index is -0.875. The molecule has 0 aliphatic heterocycles. The van der Waals surface area contributed by atoms with Gasteiger partial charge in [-0.1, -0.05) is 13.0 Å². The molecule has 5 nitrogen and oxygen atoms in total. The van der Waals surface area contributed by atoms with Crippen LogP contribution in [0, 0.1) is 6.92 Å². The van der Waals surface area contributed by atoms with Crippen LogP contribution in [-0.2, 0) is 6.42 Å². The maximum atomic E-state index is 10.8. The molecule has 0 aliphatic carbocycles. The number of benzene rings is 1. The molecule has 1 atom stereocenters. The number of aliphatic hydroxyl groups is 1. The summed E-state index contributed by atoms with van der Waals surface area (Å²) in [5.41, 5.74) is 2.86. The van der Waals surface area contributed by atoms with E-state index in [4.69, 9.17) is 9.47 Å². The molecule has 0 fully saturated rings. The summed E-state index contributed by atoms with van der Waals surface area (Å²) in [6.07, 6.45) is -0.183. The van der Waals surface area contributed by atoms with E-state index in [1.165, 1.54) is 0 Å². The Morgan fingerprint density at radius 1 is 1.14 bits per heavy atom. The normalized spacial score (nSPS) is 12.0. The maximum Gasteiger partial charge on any atom is 0.128 e. The highest BCUT2D eigenvalue weighted by molar-refractivity contribution is 5.50.